The van der Waals surface area contributed by atoms with E-state index in [4.69, 9.17) is 0 Å². The molecule has 1 unspecified atom stereocenters. The lowest BCUT2D eigenvalue weighted by Gasteiger charge is -2.20. The van der Waals surface area contributed by atoms with Gasteiger partial charge in [-0.25, -0.2) is 26.0 Å². The van der Waals surface area contributed by atoms with E-state index in [1.54, 1.807) is 6.07 Å². The Hall–Kier alpha value is -2.30. The lowest BCUT2D eigenvalue weighted by Crippen LogP contribution is -2.33. The molecule has 0 aliphatic carbocycles. The summed E-state index contributed by atoms with van der Waals surface area (Å²) in [5, 5.41) is -1.11. The van der Waals surface area contributed by atoms with E-state index < -0.39 is 42.6 Å². The maximum atomic E-state index is 14.1. The molecule has 0 radical (unpaired) electrons. The molecular formula is C19H20FNO6S2. The number of methoxy groups -OCH3 is 1. The zero-order chi connectivity index (χ0) is 21.2. The summed E-state index contributed by atoms with van der Waals surface area (Å²) in [4.78, 5) is 11.4. The number of benzene rings is 2. The molecule has 0 spiro atoms. The highest BCUT2D eigenvalue weighted by Crippen LogP contribution is 2.32. The molecule has 29 heavy (non-hydrogen) atoms. The van der Waals surface area contributed by atoms with Crippen LogP contribution in [0, 0.1) is 5.82 Å². The van der Waals surface area contributed by atoms with Gasteiger partial charge in [0.25, 0.3) is 0 Å². The molecule has 10 heteroatoms. The maximum Gasteiger partial charge on any atom is 0.337 e. The molecule has 1 atom stereocenters. The fourth-order valence-electron chi connectivity index (χ4n) is 3.28. The number of carbonyl (C=O) groups excluding carboxylic acids is 1. The van der Waals surface area contributed by atoms with E-state index in [0.29, 0.717) is 0 Å². The molecule has 0 aromatic heterocycles. The quantitative estimate of drug-likeness (QED) is 0.675. The molecule has 1 heterocycles. The third-order valence-corrected chi connectivity index (χ3v) is 8.89. The SMILES string of the molecule is COC(=O)c1ccc(S(=O)(=O)N2CCC(c3ccccc3F)S(=O)(=O)CC2)cc1. The van der Waals surface area contributed by atoms with E-state index >= 15 is 0 Å². The van der Waals surface area contributed by atoms with Crippen LogP contribution < -0.4 is 0 Å². The molecule has 1 saturated heterocycles. The van der Waals surface area contributed by atoms with Gasteiger partial charge in [-0.05, 0) is 36.8 Å². The lowest BCUT2D eigenvalue weighted by molar-refractivity contribution is 0.0600. The fraction of sp³-hybridized carbons (Fsp3) is 0.316. The summed E-state index contributed by atoms with van der Waals surface area (Å²) in [6, 6.07) is 10.8. The van der Waals surface area contributed by atoms with Crippen LogP contribution in [0.2, 0.25) is 0 Å². The van der Waals surface area contributed by atoms with Gasteiger partial charge >= 0.3 is 5.97 Å². The van der Waals surface area contributed by atoms with E-state index in [2.05, 4.69) is 4.74 Å². The van der Waals surface area contributed by atoms with Crippen LogP contribution in [0.5, 0.6) is 0 Å². The highest BCUT2D eigenvalue weighted by molar-refractivity contribution is 7.92. The maximum absolute atomic E-state index is 14.1. The predicted octanol–water partition coefficient (Wildman–Crippen LogP) is 2.16. The Morgan fingerprint density at radius 2 is 1.76 bits per heavy atom. The van der Waals surface area contributed by atoms with Crippen molar-refractivity contribution in [1.29, 1.82) is 0 Å². The summed E-state index contributed by atoms with van der Waals surface area (Å²) in [6.07, 6.45) is -0.0528. The zero-order valence-corrected chi connectivity index (χ0v) is 17.2. The second kappa shape index (κ2) is 8.21. The summed E-state index contributed by atoms with van der Waals surface area (Å²) < 4.78 is 71.1. The van der Waals surface area contributed by atoms with Crippen LogP contribution in [0.25, 0.3) is 0 Å². The minimum Gasteiger partial charge on any atom is -0.465 e. The molecule has 7 nitrogen and oxygen atoms in total. The van der Waals surface area contributed by atoms with Crippen LogP contribution in [0.1, 0.15) is 27.6 Å². The van der Waals surface area contributed by atoms with Gasteiger partial charge in [0.15, 0.2) is 9.84 Å². The van der Waals surface area contributed by atoms with E-state index in [9.17, 15) is 26.0 Å². The van der Waals surface area contributed by atoms with Crippen molar-refractivity contribution in [2.45, 2.75) is 16.6 Å². The number of nitrogens with zero attached hydrogens (tertiary/aromatic N) is 1. The van der Waals surface area contributed by atoms with E-state index in [1.165, 1.54) is 49.6 Å². The van der Waals surface area contributed by atoms with Crippen molar-refractivity contribution < 1.29 is 30.8 Å². The van der Waals surface area contributed by atoms with Crippen molar-refractivity contribution in [3.05, 3.63) is 65.5 Å². The molecule has 3 rings (SSSR count). The standard InChI is InChI=1S/C19H20FNO6S2/c1-27-19(22)14-6-8-15(9-7-14)29(25,26)21-11-10-18(28(23,24)13-12-21)16-4-2-3-5-17(16)20/h2-9,18H,10-13H2,1H3. The first-order chi connectivity index (χ1) is 13.7. The van der Waals surface area contributed by atoms with Gasteiger partial charge < -0.3 is 4.74 Å². The monoisotopic (exact) mass is 441 g/mol. The minimum absolute atomic E-state index is 0.0502. The Kier molecular flexibility index (Phi) is 6.06. The Bertz CT molecular complexity index is 1110. The predicted molar refractivity (Wildman–Crippen MR) is 104 cm³/mol. The van der Waals surface area contributed by atoms with Gasteiger partial charge in [-0.15, -0.1) is 0 Å². The number of hydrogen-bond acceptors (Lipinski definition) is 6. The van der Waals surface area contributed by atoms with Crippen LogP contribution in [0.3, 0.4) is 0 Å². The summed E-state index contributed by atoms with van der Waals surface area (Å²) in [5.41, 5.74) is 0.249. The molecule has 1 aliphatic heterocycles. The van der Waals surface area contributed by atoms with Crippen molar-refractivity contribution in [3.63, 3.8) is 0 Å². The zero-order valence-electron chi connectivity index (χ0n) is 15.6. The van der Waals surface area contributed by atoms with E-state index in [0.717, 1.165) is 4.31 Å². The van der Waals surface area contributed by atoms with Gasteiger partial charge in [-0.2, -0.15) is 4.31 Å². The molecule has 0 saturated carbocycles. The first-order valence-corrected chi connectivity index (χ1v) is 12.0. The van der Waals surface area contributed by atoms with Crippen molar-refractivity contribution in [1.82, 2.24) is 4.31 Å². The van der Waals surface area contributed by atoms with Gasteiger partial charge in [0.1, 0.15) is 5.82 Å². The van der Waals surface area contributed by atoms with Crippen molar-refractivity contribution in [2.24, 2.45) is 0 Å². The average molecular weight is 442 g/mol. The molecule has 0 N–H and O–H groups in total. The van der Waals surface area contributed by atoms with Gasteiger partial charge in [-0.1, -0.05) is 18.2 Å². The topological polar surface area (TPSA) is 97.8 Å². The number of esters is 1. The Morgan fingerprint density at radius 1 is 1.10 bits per heavy atom. The first kappa shape index (κ1) is 21.4. The number of rotatable bonds is 4. The first-order valence-electron chi connectivity index (χ1n) is 8.81. The van der Waals surface area contributed by atoms with E-state index in [1.807, 2.05) is 0 Å². The largest absolute Gasteiger partial charge is 0.465 e. The number of sulfone groups is 1. The summed E-state index contributed by atoms with van der Waals surface area (Å²) >= 11 is 0. The summed E-state index contributed by atoms with van der Waals surface area (Å²) in [7, 11) is -6.50. The van der Waals surface area contributed by atoms with E-state index in [-0.39, 0.29) is 35.5 Å². The van der Waals surface area contributed by atoms with Crippen molar-refractivity contribution >= 4 is 25.8 Å². The van der Waals surface area contributed by atoms with Gasteiger partial charge in [0, 0.05) is 18.7 Å². The normalized spacial score (nSPS) is 20.0. The molecule has 1 fully saturated rings. The number of carbonyl (C=O) groups is 1. The summed E-state index contributed by atoms with van der Waals surface area (Å²) in [5.74, 6) is -1.64. The van der Waals surface area contributed by atoms with Crippen molar-refractivity contribution in [3.8, 4) is 0 Å². The number of ether oxygens (including phenoxy) is 1. The average Bonchev–Trinajstić information content (AvgIpc) is 2.86. The van der Waals surface area contributed by atoms with Crippen LogP contribution in [-0.2, 0) is 24.6 Å². The highest BCUT2D eigenvalue weighted by Gasteiger charge is 2.36. The number of halogens is 1. The molecule has 2 aromatic rings. The molecule has 0 amide bonds. The molecule has 2 aromatic carbocycles. The lowest BCUT2D eigenvalue weighted by atomic mass is 10.1. The van der Waals surface area contributed by atoms with Gasteiger partial charge in [-0.3, -0.25) is 0 Å². The third-order valence-electron chi connectivity index (χ3n) is 4.86. The number of sulfonamides is 1. The van der Waals surface area contributed by atoms with Crippen LogP contribution in [0.15, 0.2) is 53.4 Å². The smallest absolute Gasteiger partial charge is 0.337 e. The highest BCUT2D eigenvalue weighted by atomic mass is 32.2. The molecule has 156 valence electrons. The second-order valence-electron chi connectivity index (χ2n) is 6.59. The molecular weight excluding hydrogens is 421 g/mol. The van der Waals surface area contributed by atoms with Crippen LogP contribution in [-0.4, -0.2) is 53.1 Å². The summed E-state index contributed by atoms with van der Waals surface area (Å²) in [6.45, 7) is -0.298. The molecule has 1 aliphatic rings. The Labute approximate surface area is 169 Å². The minimum atomic E-state index is -3.98. The van der Waals surface area contributed by atoms with Crippen LogP contribution >= 0.6 is 0 Å². The third kappa shape index (κ3) is 4.34. The Morgan fingerprint density at radius 3 is 2.38 bits per heavy atom. The van der Waals surface area contributed by atoms with Gasteiger partial charge in [0.05, 0.1) is 28.6 Å². The second-order valence-corrected chi connectivity index (χ2v) is 10.8. The molecule has 0 bridgehead atoms. The van der Waals surface area contributed by atoms with Crippen molar-refractivity contribution in [2.75, 3.05) is 26.0 Å². The Balaban J connectivity index is 1.87. The van der Waals surface area contributed by atoms with Gasteiger partial charge in [0.2, 0.25) is 10.0 Å². The number of hydrogen-bond donors (Lipinski definition) is 0. The van der Waals surface area contributed by atoms with Crippen LogP contribution in [0.4, 0.5) is 4.39 Å². The fourth-order valence-corrected chi connectivity index (χ4v) is 6.65.